The molecule has 1 fully saturated rings. The lowest BCUT2D eigenvalue weighted by atomic mass is 10.1. The number of hydrogen-bond donors (Lipinski definition) is 0. The largest absolute Gasteiger partial charge is 0.363 e. The molecule has 0 spiro atoms. The van der Waals surface area contributed by atoms with Crippen molar-refractivity contribution in [2.24, 2.45) is 0 Å². The van der Waals surface area contributed by atoms with Crippen molar-refractivity contribution in [3.63, 3.8) is 0 Å². The van der Waals surface area contributed by atoms with Gasteiger partial charge in [0.05, 0.1) is 0 Å². The van der Waals surface area contributed by atoms with E-state index < -0.39 is 0 Å². The highest BCUT2D eigenvalue weighted by Gasteiger charge is 2.10. The first-order valence-electron chi connectivity index (χ1n) is 4.45. The minimum Gasteiger partial charge on any atom is -0.363 e. The lowest BCUT2D eigenvalue weighted by Gasteiger charge is -2.27. The van der Waals surface area contributed by atoms with Crippen LogP contribution in [0.1, 0.15) is 32.6 Å². The fourth-order valence-electron chi connectivity index (χ4n) is 1.41. The monoisotopic (exact) mass is 173 g/mol. The van der Waals surface area contributed by atoms with Crippen LogP contribution in [0.2, 0.25) is 0 Å². The standard InChI is InChI=1S/C9H16ClN/c1-2-6-9(10)11-7-4-3-5-8-11/h6H,2-5,7-8H2,1H3/b9-6+. The van der Waals surface area contributed by atoms with Crippen molar-refractivity contribution in [1.29, 1.82) is 0 Å². The van der Waals surface area contributed by atoms with Gasteiger partial charge in [-0.05, 0) is 31.8 Å². The van der Waals surface area contributed by atoms with Gasteiger partial charge in [-0.1, -0.05) is 18.5 Å². The van der Waals surface area contributed by atoms with Crippen LogP contribution in [0.4, 0.5) is 0 Å². The maximum absolute atomic E-state index is 6.05. The van der Waals surface area contributed by atoms with Gasteiger partial charge in [0, 0.05) is 13.1 Å². The van der Waals surface area contributed by atoms with Gasteiger partial charge in [-0.25, -0.2) is 0 Å². The molecule has 0 atom stereocenters. The molecule has 1 aliphatic heterocycles. The number of rotatable bonds is 2. The molecule has 0 unspecified atom stereocenters. The molecule has 0 aromatic carbocycles. The lowest BCUT2D eigenvalue weighted by Crippen LogP contribution is -2.26. The van der Waals surface area contributed by atoms with E-state index in [4.69, 9.17) is 11.6 Å². The number of nitrogens with zero attached hydrogens (tertiary/aromatic N) is 1. The smallest absolute Gasteiger partial charge is 0.100 e. The summed E-state index contributed by atoms with van der Waals surface area (Å²) >= 11 is 6.05. The molecule has 0 saturated carbocycles. The third-order valence-corrected chi connectivity index (χ3v) is 2.42. The van der Waals surface area contributed by atoms with Crippen molar-refractivity contribution in [1.82, 2.24) is 4.90 Å². The van der Waals surface area contributed by atoms with Gasteiger partial charge in [0.2, 0.25) is 0 Å². The number of likely N-dealkylation sites (tertiary alicyclic amines) is 1. The fourth-order valence-corrected chi connectivity index (χ4v) is 1.73. The van der Waals surface area contributed by atoms with Gasteiger partial charge in [0.25, 0.3) is 0 Å². The van der Waals surface area contributed by atoms with Crippen molar-refractivity contribution in [2.45, 2.75) is 32.6 Å². The molecular weight excluding hydrogens is 158 g/mol. The van der Waals surface area contributed by atoms with E-state index in [1.807, 2.05) is 0 Å². The highest BCUT2D eigenvalue weighted by Crippen LogP contribution is 2.17. The van der Waals surface area contributed by atoms with Crippen LogP contribution >= 0.6 is 11.6 Å². The molecule has 0 amide bonds. The first kappa shape index (κ1) is 8.92. The zero-order valence-corrected chi connectivity index (χ0v) is 7.90. The Morgan fingerprint density at radius 3 is 2.55 bits per heavy atom. The van der Waals surface area contributed by atoms with Crippen molar-refractivity contribution in [3.8, 4) is 0 Å². The predicted octanol–water partition coefficient (Wildman–Crippen LogP) is 2.96. The zero-order valence-electron chi connectivity index (χ0n) is 7.15. The molecule has 0 radical (unpaired) electrons. The second-order valence-electron chi connectivity index (χ2n) is 2.98. The average molecular weight is 174 g/mol. The maximum Gasteiger partial charge on any atom is 0.100 e. The Morgan fingerprint density at radius 2 is 2.00 bits per heavy atom. The van der Waals surface area contributed by atoms with E-state index in [-0.39, 0.29) is 0 Å². The Bertz CT molecular complexity index is 136. The van der Waals surface area contributed by atoms with Crippen LogP contribution in [-0.4, -0.2) is 18.0 Å². The van der Waals surface area contributed by atoms with Gasteiger partial charge in [0.15, 0.2) is 0 Å². The van der Waals surface area contributed by atoms with Crippen LogP contribution in [0.5, 0.6) is 0 Å². The number of allylic oxidation sites excluding steroid dienone is 1. The molecular formula is C9H16ClN. The van der Waals surface area contributed by atoms with Crippen LogP contribution in [0.25, 0.3) is 0 Å². The van der Waals surface area contributed by atoms with Crippen LogP contribution < -0.4 is 0 Å². The summed E-state index contributed by atoms with van der Waals surface area (Å²) in [4.78, 5) is 2.27. The van der Waals surface area contributed by atoms with Gasteiger partial charge in [-0.3, -0.25) is 0 Å². The fraction of sp³-hybridized carbons (Fsp3) is 0.778. The van der Waals surface area contributed by atoms with Crippen LogP contribution in [0, 0.1) is 0 Å². The lowest BCUT2D eigenvalue weighted by molar-refractivity contribution is 0.300. The Labute approximate surface area is 74.0 Å². The molecule has 0 bridgehead atoms. The summed E-state index contributed by atoms with van der Waals surface area (Å²) in [7, 11) is 0. The normalized spacial score (nSPS) is 20.5. The van der Waals surface area contributed by atoms with E-state index in [9.17, 15) is 0 Å². The highest BCUT2D eigenvalue weighted by atomic mass is 35.5. The van der Waals surface area contributed by atoms with Gasteiger partial charge < -0.3 is 4.90 Å². The molecule has 64 valence electrons. The van der Waals surface area contributed by atoms with Crippen molar-refractivity contribution in [3.05, 3.63) is 11.2 Å². The Hall–Kier alpha value is -0.170. The van der Waals surface area contributed by atoms with Crippen LogP contribution in [-0.2, 0) is 0 Å². The average Bonchev–Trinajstić information content (AvgIpc) is 2.07. The van der Waals surface area contributed by atoms with E-state index in [1.54, 1.807) is 0 Å². The van der Waals surface area contributed by atoms with E-state index in [0.717, 1.165) is 24.7 Å². The molecule has 11 heavy (non-hydrogen) atoms. The van der Waals surface area contributed by atoms with E-state index in [2.05, 4.69) is 17.9 Å². The molecule has 1 nitrogen and oxygen atoms in total. The first-order valence-corrected chi connectivity index (χ1v) is 4.83. The first-order chi connectivity index (χ1) is 5.34. The molecule has 0 aliphatic carbocycles. The molecule has 1 heterocycles. The van der Waals surface area contributed by atoms with Gasteiger partial charge in [-0.15, -0.1) is 0 Å². The summed E-state index contributed by atoms with van der Waals surface area (Å²) in [6.07, 6.45) is 7.09. The summed E-state index contributed by atoms with van der Waals surface area (Å²) in [5.74, 6) is 0. The second kappa shape index (κ2) is 4.66. The summed E-state index contributed by atoms with van der Waals surface area (Å²) in [5.41, 5.74) is 0. The number of hydrogen-bond acceptors (Lipinski definition) is 1. The molecule has 0 N–H and O–H groups in total. The van der Waals surface area contributed by atoms with Crippen molar-refractivity contribution >= 4 is 11.6 Å². The third kappa shape index (κ3) is 2.74. The quantitative estimate of drug-likeness (QED) is 0.581. The minimum atomic E-state index is 0.951. The maximum atomic E-state index is 6.05. The molecule has 0 aromatic rings. The van der Waals surface area contributed by atoms with Crippen LogP contribution in [0.3, 0.4) is 0 Å². The molecule has 2 heteroatoms. The SMILES string of the molecule is CC/C=C(\Cl)N1CCCCC1. The van der Waals surface area contributed by atoms with Gasteiger partial charge >= 0.3 is 0 Å². The van der Waals surface area contributed by atoms with Crippen LogP contribution in [0.15, 0.2) is 11.2 Å². The van der Waals surface area contributed by atoms with Gasteiger partial charge in [0.1, 0.15) is 5.16 Å². The Morgan fingerprint density at radius 1 is 1.36 bits per heavy atom. The zero-order chi connectivity index (χ0) is 8.10. The number of piperidine rings is 1. The Kier molecular flexibility index (Phi) is 3.78. The number of halogens is 1. The molecule has 1 rings (SSSR count). The molecule has 1 saturated heterocycles. The predicted molar refractivity (Wildman–Crippen MR) is 49.7 cm³/mol. The van der Waals surface area contributed by atoms with E-state index in [0.29, 0.717) is 0 Å². The third-order valence-electron chi connectivity index (χ3n) is 2.03. The summed E-state index contributed by atoms with van der Waals surface area (Å²) < 4.78 is 0. The second-order valence-corrected chi connectivity index (χ2v) is 3.37. The van der Waals surface area contributed by atoms with Crippen molar-refractivity contribution in [2.75, 3.05) is 13.1 Å². The summed E-state index contributed by atoms with van der Waals surface area (Å²) in [6, 6.07) is 0. The van der Waals surface area contributed by atoms with E-state index >= 15 is 0 Å². The van der Waals surface area contributed by atoms with Crippen molar-refractivity contribution < 1.29 is 0 Å². The highest BCUT2D eigenvalue weighted by molar-refractivity contribution is 6.29. The Balaban J connectivity index is 2.38. The topological polar surface area (TPSA) is 3.24 Å². The minimum absolute atomic E-state index is 0.951. The summed E-state index contributed by atoms with van der Waals surface area (Å²) in [6.45, 7) is 4.41. The van der Waals surface area contributed by atoms with Gasteiger partial charge in [-0.2, -0.15) is 0 Å². The van der Waals surface area contributed by atoms with E-state index in [1.165, 1.54) is 19.3 Å². The molecule has 0 aromatic heterocycles. The molecule has 1 aliphatic rings. The summed E-state index contributed by atoms with van der Waals surface area (Å²) in [5, 5.41) is 0.951.